The standard InChI is InChI=1S/C16H25NO4S/c1-12(2)8-13-4-6-16(7-5-13)22(19,20)17-10-15(21-3)9-14(17)11-18/h4-7,12,14-15,18H,8-11H2,1-3H3/t14-,15+/m0/s1. The van der Waals surface area contributed by atoms with E-state index >= 15 is 0 Å². The average Bonchev–Trinajstić information content (AvgIpc) is 2.91. The second kappa shape index (κ2) is 7.08. The SMILES string of the molecule is CO[C@@H]1C[C@@H](CO)N(S(=O)(=O)c2ccc(CC(C)C)cc2)C1. The molecule has 22 heavy (non-hydrogen) atoms. The van der Waals surface area contributed by atoms with Crippen LogP contribution in [-0.4, -0.2) is 50.2 Å². The van der Waals surface area contributed by atoms with Crippen molar-refractivity contribution in [3.8, 4) is 0 Å². The van der Waals surface area contributed by atoms with Crippen LogP contribution in [0.5, 0.6) is 0 Å². The van der Waals surface area contributed by atoms with Gasteiger partial charge in [0, 0.05) is 13.7 Å². The first kappa shape index (κ1) is 17.4. The highest BCUT2D eigenvalue weighted by Gasteiger charge is 2.39. The van der Waals surface area contributed by atoms with Gasteiger partial charge >= 0.3 is 0 Å². The molecular weight excluding hydrogens is 302 g/mol. The lowest BCUT2D eigenvalue weighted by Gasteiger charge is -2.22. The lowest BCUT2D eigenvalue weighted by Crippen LogP contribution is -2.38. The minimum absolute atomic E-state index is 0.160. The molecule has 0 spiro atoms. The van der Waals surface area contributed by atoms with Gasteiger partial charge in [-0.05, 0) is 36.5 Å². The van der Waals surface area contributed by atoms with Gasteiger partial charge in [-0.2, -0.15) is 4.31 Å². The van der Waals surface area contributed by atoms with Crippen LogP contribution in [0.2, 0.25) is 0 Å². The fraction of sp³-hybridized carbons (Fsp3) is 0.625. The van der Waals surface area contributed by atoms with Crippen LogP contribution >= 0.6 is 0 Å². The van der Waals surface area contributed by atoms with E-state index in [0.717, 1.165) is 12.0 Å². The van der Waals surface area contributed by atoms with Crippen LogP contribution in [-0.2, 0) is 21.2 Å². The smallest absolute Gasteiger partial charge is 0.243 e. The Hall–Kier alpha value is -0.950. The topological polar surface area (TPSA) is 66.8 Å². The van der Waals surface area contributed by atoms with Gasteiger partial charge in [-0.15, -0.1) is 0 Å². The van der Waals surface area contributed by atoms with E-state index in [1.165, 1.54) is 4.31 Å². The highest BCUT2D eigenvalue weighted by molar-refractivity contribution is 7.89. The number of benzene rings is 1. The summed E-state index contributed by atoms with van der Waals surface area (Å²) in [6.45, 7) is 4.36. The molecule has 1 aromatic carbocycles. The van der Waals surface area contributed by atoms with Gasteiger partial charge in [-0.25, -0.2) is 8.42 Å². The van der Waals surface area contributed by atoms with Gasteiger partial charge in [0.15, 0.2) is 0 Å². The third-order valence-corrected chi connectivity index (χ3v) is 5.98. The molecule has 0 aromatic heterocycles. The summed E-state index contributed by atoms with van der Waals surface area (Å²) in [5.74, 6) is 0.530. The molecule has 0 amide bonds. The molecule has 6 heteroatoms. The molecule has 0 saturated carbocycles. The number of nitrogens with zero attached hydrogens (tertiary/aromatic N) is 1. The third kappa shape index (κ3) is 3.68. The van der Waals surface area contributed by atoms with Crippen LogP contribution in [0.25, 0.3) is 0 Å². The monoisotopic (exact) mass is 327 g/mol. The molecule has 124 valence electrons. The van der Waals surface area contributed by atoms with Crippen molar-refractivity contribution in [3.63, 3.8) is 0 Å². The summed E-state index contributed by atoms with van der Waals surface area (Å²) in [5.41, 5.74) is 1.13. The average molecular weight is 327 g/mol. The van der Waals surface area contributed by atoms with Gasteiger partial charge < -0.3 is 9.84 Å². The number of methoxy groups -OCH3 is 1. The van der Waals surface area contributed by atoms with E-state index in [0.29, 0.717) is 12.3 Å². The molecule has 1 N–H and O–H groups in total. The summed E-state index contributed by atoms with van der Waals surface area (Å²) in [6, 6.07) is 6.63. The molecule has 1 aromatic rings. The van der Waals surface area contributed by atoms with E-state index < -0.39 is 16.1 Å². The van der Waals surface area contributed by atoms with Crippen molar-refractivity contribution in [1.82, 2.24) is 4.31 Å². The molecule has 5 nitrogen and oxygen atoms in total. The largest absolute Gasteiger partial charge is 0.395 e. The summed E-state index contributed by atoms with van der Waals surface area (Å²) >= 11 is 0. The van der Waals surface area contributed by atoms with Gasteiger partial charge in [0.05, 0.1) is 23.6 Å². The highest BCUT2D eigenvalue weighted by atomic mass is 32.2. The van der Waals surface area contributed by atoms with E-state index in [4.69, 9.17) is 4.74 Å². The summed E-state index contributed by atoms with van der Waals surface area (Å²) in [7, 11) is -2.03. The van der Waals surface area contributed by atoms with E-state index in [1.807, 2.05) is 12.1 Å². The molecule has 1 fully saturated rings. The Morgan fingerprint density at radius 2 is 1.95 bits per heavy atom. The summed E-state index contributed by atoms with van der Waals surface area (Å²) in [4.78, 5) is 0.273. The second-order valence-corrected chi connectivity index (χ2v) is 8.14. The molecule has 0 bridgehead atoms. The normalized spacial score (nSPS) is 23.3. The van der Waals surface area contributed by atoms with Crippen molar-refractivity contribution < 1.29 is 18.3 Å². The Labute approximate surface area is 133 Å². The zero-order valence-electron chi connectivity index (χ0n) is 13.4. The minimum Gasteiger partial charge on any atom is -0.395 e. The molecule has 2 atom stereocenters. The van der Waals surface area contributed by atoms with Crippen molar-refractivity contribution in [2.75, 3.05) is 20.3 Å². The third-order valence-electron chi connectivity index (χ3n) is 4.04. The van der Waals surface area contributed by atoms with Gasteiger partial charge in [0.25, 0.3) is 0 Å². The second-order valence-electron chi connectivity index (χ2n) is 6.25. The Balaban J connectivity index is 2.22. The number of sulfonamides is 1. The van der Waals surface area contributed by atoms with Crippen molar-refractivity contribution in [3.05, 3.63) is 29.8 Å². The predicted octanol–water partition coefficient (Wildman–Crippen LogP) is 1.66. The Kier molecular flexibility index (Phi) is 5.60. The number of hydrogen-bond donors (Lipinski definition) is 1. The molecule has 1 aliphatic rings. The quantitative estimate of drug-likeness (QED) is 0.863. The first-order chi connectivity index (χ1) is 10.4. The molecule has 0 unspecified atom stereocenters. The van der Waals surface area contributed by atoms with Gasteiger partial charge in [0.2, 0.25) is 10.0 Å². The molecule has 0 aliphatic carbocycles. The van der Waals surface area contributed by atoms with Gasteiger partial charge in [-0.3, -0.25) is 0 Å². The van der Waals surface area contributed by atoms with Crippen LogP contribution in [0.3, 0.4) is 0 Å². The lowest BCUT2D eigenvalue weighted by molar-refractivity contribution is 0.113. The van der Waals surface area contributed by atoms with Crippen LogP contribution in [0.4, 0.5) is 0 Å². The molecular formula is C16H25NO4S. The Morgan fingerprint density at radius 1 is 1.32 bits per heavy atom. The molecule has 1 heterocycles. The van der Waals surface area contributed by atoms with E-state index in [2.05, 4.69) is 13.8 Å². The molecule has 0 radical (unpaired) electrons. The summed E-state index contributed by atoms with van der Waals surface area (Å²) < 4.78 is 32.1. The fourth-order valence-electron chi connectivity index (χ4n) is 2.88. The van der Waals surface area contributed by atoms with E-state index in [1.54, 1.807) is 19.2 Å². The maximum atomic E-state index is 12.8. The minimum atomic E-state index is -3.59. The zero-order chi connectivity index (χ0) is 16.3. The van der Waals surface area contributed by atoms with Crippen LogP contribution < -0.4 is 0 Å². The van der Waals surface area contributed by atoms with Crippen LogP contribution in [0.15, 0.2) is 29.2 Å². The maximum Gasteiger partial charge on any atom is 0.243 e. The summed E-state index contributed by atoms with van der Waals surface area (Å²) in [5, 5.41) is 9.44. The summed E-state index contributed by atoms with van der Waals surface area (Å²) in [6.07, 6.45) is 1.29. The molecule has 1 saturated heterocycles. The van der Waals surface area contributed by atoms with Crippen molar-refractivity contribution in [1.29, 1.82) is 0 Å². The first-order valence-electron chi connectivity index (χ1n) is 7.63. The first-order valence-corrected chi connectivity index (χ1v) is 9.07. The van der Waals surface area contributed by atoms with Gasteiger partial charge in [0.1, 0.15) is 0 Å². The van der Waals surface area contributed by atoms with Crippen molar-refractivity contribution >= 4 is 10.0 Å². The predicted molar refractivity (Wildman–Crippen MR) is 85.2 cm³/mol. The van der Waals surface area contributed by atoms with E-state index in [9.17, 15) is 13.5 Å². The van der Waals surface area contributed by atoms with Crippen LogP contribution in [0, 0.1) is 5.92 Å². The maximum absolute atomic E-state index is 12.8. The lowest BCUT2D eigenvalue weighted by atomic mass is 10.0. The number of rotatable bonds is 6. The Bertz CT molecular complexity index is 583. The van der Waals surface area contributed by atoms with E-state index in [-0.39, 0.29) is 24.2 Å². The molecule has 2 rings (SSSR count). The number of ether oxygens (including phenoxy) is 1. The van der Waals surface area contributed by atoms with Crippen molar-refractivity contribution in [2.45, 2.75) is 43.7 Å². The molecule has 1 aliphatic heterocycles. The highest BCUT2D eigenvalue weighted by Crippen LogP contribution is 2.27. The Morgan fingerprint density at radius 3 is 2.45 bits per heavy atom. The van der Waals surface area contributed by atoms with Gasteiger partial charge in [-0.1, -0.05) is 26.0 Å². The van der Waals surface area contributed by atoms with Crippen molar-refractivity contribution in [2.24, 2.45) is 5.92 Å². The number of aliphatic hydroxyl groups excluding tert-OH is 1. The van der Waals surface area contributed by atoms with Crippen LogP contribution in [0.1, 0.15) is 25.8 Å². The number of hydrogen-bond acceptors (Lipinski definition) is 4. The number of aliphatic hydroxyl groups is 1. The fourth-order valence-corrected chi connectivity index (χ4v) is 4.54. The zero-order valence-corrected chi connectivity index (χ0v) is 14.2.